The molecule has 2 aromatic carbocycles. The van der Waals surface area contributed by atoms with E-state index < -0.39 is 10.0 Å². The van der Waals surface area contributed by atoms with Crippen LogP contribution in [-0.4, -0.2) is 38.3 Å². The Morgan fingerprint density at radius 2 is 1.75 bits per heavy atom. The van der Waals surface area contributed by atoms with E-state index >= 15 is 0 Å². The number of benzene rings is 2. The van der Waals surface area contributed by atoms with Gasteiger partial charge in [0.2, 0.25) is 10.0 Å². The number of hydrogen-bond acceptors (Lipinski definition) is 4. The van der Waals surface area contributed by atoms with Gasteiger partial charge >= 0.3 is 0 Å². The molecule has 1 N–H and O–H groups in total. The summed E-state index contributed by atoms with van der Waals surface area (Å²) in [5.41, 5.74) is 2.15. The zero-order chi connectivity index (χ0) is 20.9. The molecule has 0 radical (unpaired) electrons. The fourth-order valence-corrected chi connectivity index (χ4v) is 4.52. The average molecular weight is 425 g/mol. The Hall–Kier alpha value is -2.09. The van der Waals surface area contributed by atoms with Crippen molar-refractivity contribution in [3.8, 4) is 5.75 Å². The average Bonchev–Trinajstić information content (AvgIpc) is 2.63. The van der Waals surface area contributed by atoms with E-state index in [1.165, 1.54) is 10.4 Å². The molecule has 0 saturated heterocycles. The zero-order valence-corrected chi connectivity index (χ0v) is 18.0. The normalized spacial score (nSPS) is 11.5. The summed E-state index contributed by atoms with van der Waals surface area (Å²) in [4.78, 5) is 12.4. The van der Waals surface area contributed by atoms with Gasteiger partial charge in [-0.2, -0.15) is 4.31 Å². The molecule has 2 rings (SSSR count). The summed E-state index contributed by atoms with van der Waals surface area (Å²) in [5.74, 6) is 0.145. The van der Waals surface area contributed by atoms with Crippen LogP contribution in [-0.2, 0) is 14.8 Å². The Balaban J connectivity index is 2.06. The van der Waals surface area contributed by atoms with Gasteiger partial charge in [0, 0.05) is 23.8 Å². The third kappa shape index (κ3) is 5.25. The highest BCUT2D eigenvalue weighted by Gasteiger charge is 2.22. The lowest BCUT2D eigenvalue weighted by atomic mass is 10.2. The summed E-state index contributed by atoms with van der Waals surface area (Å²) < 4.78 is 32.2. The predicted octanol–water partition coefficient (Wildman–Crippen LogP) is 4.00. The fraction of sp³-hybridized carbons (Fsp3) is 0.350. The molecule has 0 fully saturated rings. The van der Waals surface area contributed by atoms with Crippen LogP contribution in [0.2, 0.25) is 5.02 Å². The highest BCUT2D eigenvalue weighted by Crippen LogP contribution is 2.24. The topological polar surface area (TPSA) is 75.7 Å². The van der Waals surface area contributed by atoms with Crippen LogP contribution in [0.25, 0.3) is 0 Å². The summed E-state index contributed by atoms with van der Waals surface area (Å²) in [5, 5.41) is 3.37. The smallest absolute Gasteiger partial charge is 0.262 e. The van der Waals surface area contributed by atoms with Crippen molar-refractivity contribution >= 4 is 33.2 Å². The van der Waals surface area contributed by atoms with E-state index in [4.69, 9.17) is 16.3 Å². The molecule has 8 heteroatoms. The highest BCUT2D eigenvalue weighted by molar-refractivity contribution is 7.89. The SMILES string of the molecule is CCN(CC)S(=O)(=O)c1ccc(OCC(=O)Nc2ccc(Cl)cc2C)c(C)c1. The lowest BCUT2D eigenvalue weighted by Crippen LogP contribution is -2.30. The van der Waals surface area contributed by atoms with Crippen molar-refractivity contribution in [1.82, 2.24) is 4.31 Å². The van der Waals surface area contributed by atoms with E-state index in [9.17, 15) is 13.2 Å². The Labute approximate surface area is 171 Å². The monoisotopic (exact) mass is 424 g/mol. The number of sulfonamides is 1. The molecule has 1 amide bonds. The van der Waals surface area contributed by atoms with Crippen molar-refractivity contribution in [1.29, 1.82) is 0 Å². The van der Waals surface area contributed by atoms with Crippen molar-refractivity contribution in [3.05, 3.63) is 52.5 Å². The van der Waals surface area contributed by atoms with Crippen molar-refractivity contribution in [2.24, 2.45) is 0 Å². The molecule has 2 aromatic rings. The van der Waals surface area contributed by atoms with Crippen molar-refractivity contribution in [2.45, 2.75) is 32.6 Å². The fourth-order valence-electron chi connectivity index (χ4n) is 2.75. The van der Waals surface area contributed by atoms with Crippen LogP contribution in [0.15, 0.2) is 41.3 Å². The second-order valence-corrected chi connectivity index (χ2v) is 8.69. The summed E-state index contributed by atoms with van der Waals surface area (Å²) >= 11 is 5.91. The van der Waals surface area contributed by atoms with Gasteiger partial charge in [0.05, 0.1) is 4.90 Å². The lowest BCUT2D eigenvalue weighted by Gasteiger charge is -2.19. The molecular formula is C20H25ClN2O4S. The molecule has 0 aliphatic carbocycles. The number of halogens is 1. The van der Waals surface area contributed by atoms with Gasteiger partial charge in [0.25, 0.3) is 5.91 Å². The first-order chi connectivity index (χ1) is 13.2. The van der Waals surface area contributed by atoms with Crippen LogP contribution in [0.1, 0.15) is 25.0 Å². The molecular weight excluding hydrogens is 400 g/mol. The van der Waals surface area contributed by atoms with Crippen LogP contribution in [0.4, 0.5) is 5.69 Å². The van der Waals surface area contributed by atoms with Gasteiger partial charge in [-0.25, -0.2) is 8.42 Å². The molecule has 0 aromatic heterocycles. The maximum Gasteiger partial charge on any atom is 0.262 e. The first kappa shape index (κ1) is 22.2. The molecule has 0 saturated carbocycles. The molecule has 0 spiro atoms. The molecule has 152 valence electrons. The van der Waals surface area contributed by atoms with Gasteiger partial charge in [-0.05, 0) is 61.4 Å². The van der Waals surface area contributed by atoms with Crippen LogP contribution in [0.5, 0.6) is 5.75 Å². The minimum Gasteiger partial charge on any atom is -0.483 e. The van der Waals surface area contributed by atoms with E-state index in [1.807, 2.05) is 6.92 Å². The number of anilines is 1. The van der Waals surface area contributed by atoms with E-state index in [-0.39, 0.29) is 17.4 Å². The number of nitrogens with one attached hydrogen (secondary N) is 1. The molecule has 0 aliphatic rings. The van der Waals surface area contributed by atoms with E-state index in [0.717, 1.165) is 5.56 Å². The van der Waals surface area contributed by atoms with Crippen LogP contribution in [0, 0.1) is 13.8 Å². The molecule has 0 bridgehead atoms. The predicted molar refractivity (Wildman–Crippen MR) is 112 cm³/mol. The summed E-state index contributed by atoms with van der Waals surface area (Å²) in [7, 11) is -3.53. The van der Waals surface area contributed by atoms with E-state index in [0.29, 0.717) is 35.1 Å². The number of rotatable bonds is 8. The Bertz CT molecular complexity index is 957. The van der Waals surface area contributed by atoms with Crippen molar-refractivity contribution in [2.75, 3.05) is 25.0 Å². The molecule has 0 heterocycles. The highest BCUT2D eigenvalue weighted by atomic mass is 35.5. The summed E-state index contributed by atoms with van der Waals surface area (Å²) in [6.45, 7) is 7.81. The van der Waals surface area contributed by atoms with Gasteiger partial charge in [-0.15, -0.1) is 0 Å². The standard InChI is InChI=1S/C20H25ClN2O4S/c1-5-23(6-2)28(25,26)17-8-10-19(15(4)12-17)27-13-20(24)22-18-9-7-16(21)11-14(18)3/h7-12H,5-6,13H2,1-4H3,(H,22,24). The number of amides is 1. The van der Waals surface area contributed by atoms with E-state index in [1.54, 1.807) is 51.1 Å². The number of carbonyl (C=O) groups is 1. The second kappa shape index (κ2) is 9.41. The van der Waals surface area contributed by atoms with Gasteiger partial charge in [0.1, 0.15) is 5.75 Å². The Morgan fingerprint density at radius 1 is 1.07 bits per heavy atom. The van der Waals surface area contributed by atoms with Gasteiger partial charge in [-0.1, -0.05) is 25.4 Å². The second-order valence-electron chi connectivity index (χ2n) is 6.31. The Kier molecular flexibility index (Phi) is 7.46. The van der Waals surface area contributed by atoms with Gasteiger partial charge in [-0.3, -0.25) is 4.79 Å². The maximum absolute atomic E-state index is 12.6. The largest absolute Gasteiger partial charge is 0.483 e. The molecule has 0 unspecified atom stereocenters. The Morgan fingerprint density at radius 3 is 2.32 bits per heavy atom. The summed E-state index contributed by atoms with van der Waals surface area (Å²) in [6.07, 6.45) is 0. The molecule has 28 heavy (non-hydrogen) atoms. The minimum absolute atomic E-state index is 0.189. The first-order valence-electron chi connectivity index (χ1n) is 8.98. The zero-order valence-electron chi connectivity index (χ0n) is 16.5. The molecule has 0 aliphatic heterocycles. The van der Waals surface area contributed by atoms with Crippen molar-refractivity contribution in [3.63, 3.8) is 0 Å². The van der Waals surface area contributed by atoms with Crippen LogP contribution in [0.3, 0.4) is 0 Å². The lowest BCUT2D eigenvalue weighted by molar-refractivity contribution is -0.118. The van der Waals surface area contributed by atoms with Gasteiger partial charge in [0.15, 0.2) is 6.61 Å². The van der Waals surface area contributed by atoms with E-state index in [2.05, 4.69) is 5.32 Å². The third-order valence-electron chi connectivity index (χ3n) is 4.31. The molecule has 6 nitrogen and oxygen atoms in total. The number of hydrogen-bond donors (Lipinski definition) is 1. The number of nitrogens with zero attached hydrogens (tertiary/aromatic N) is 1. The third-order valence-corrected chi connectivity index (χ3v) is 6.59. The summed E-state index contributed by atoms with van der Waals surface area (Å²) in [6, 6.07) is 9.82. The van der Waals surface area contributed by atoms with Gasteiger partial charge < -0.3 is 10.1 Å². The van der Waals surface area contributed by atoms with Crippen LogP contribution >= 0.6 is 11.6 Å². The first-order valence-corrected chi connectivity index (χ1v) is 10.8. The van der Waals surface area contributed by atoms with Crippen molar-refractivity contribution < 1.29 is 17.9 Å². The number of aryl methyl sites for hydroxylation is 2. The molecule has 0 atom stereocenters. The number of carbonyl (C=O) groups excluding carboxylic acids is 1. The maximum atomic E-state index is 12.6. The number of ether oxygens (including phenoxy) is 1. The minimum atomic E-state index is -3.53. The quantitative estimate of drug-likeness (QED) is 0.694. The van der Waals surface area contributed by atoms with Crippen LogP contribution < -0.4 is 10.1 Å².